The number of phenolic OH excluding ortho intramolecular Hbond substituents is 1. The highest BCUT2D eigenvalue weighted by molar-refractivity contribution is 8.02. The number of phenols is 1. The van der Waals surface area contributed by atoms with Crippen LogP contribution in [0.5, 0.6) is 5.75 Å². The van der Waals surface area contributed by atoms with E-state index in [2.05, 4.69) is 22.7 Å². The molecule has 0 aromatic heterocycles. The molecule has 2 unspecified atom stereocenters. The van der Waals surface area contributed by atoms with Gasteiger partial charge in [-0.15, -0.1) is 0 Å². The lowest BCUT2D eigenvalue weighted by Gasteiger charge is -2.46. The average molecular weight is 221 g/mol. The molecular weight excluding hydrogens is 206 g/mol. The van der Waals surface area contributed by atoms with Crippen LogP contribution in [0.3, 0.4) is 0 Å². The van der Waals surface area contributed by atoms with Gasteiger partial charge >= 0.3 is 0 Å². The molecule has 80 valence electrons. The molecule has 3 fully saturated rings. The van der Waals surface area contributed by atoms with Crippen LogP contribution in [0.2, 0.25) is 0 Å². The SMILES string of the molecule is Oc1cccc(CN2CC3CC(C2)S3)c1. The molecule has 1 aromatic carbocycles. The summed E-state index contributed by atoms with van der Waals surface area (Å²) in [5.41, 5.74) is 1.22. The highest BCUT2D eigenvalue weighted by atomic mass is 32.2. The fraction of sp³-hybridized carbons (Fsp3) is 0.500. The first-order chi connectivity index (χ1) is 7.29. The Morgan fingerprint density at radius 3 is 2.73 bits per heavy atom. The number of aromatic hydroxyl groups is 1. The molecule has 0 spiro atoms. The third kappa shape index (κ3) is 1.99. The molecule has 0 radical (unpaired) electrons. The van der Waals surface area contributed by atoms with Crippen molar-refractivity contribution in [3.05, 3.63) is 29.8 Å². The first-order valence-corrected chi connectivity index (χ1v) is 6.39. The fourth-order valence-corrected chi connectivity index (χ4v) is 3.95. The maximum atomic E-state index is 9.38. The van der Waals surface area contributed by atoms with Crippen molar-refractivity contribution in [1.82, 2.24) is 4.90 Å². The van der Waals surface area contributed by atoms with E-state index in [-0.39, 0.29) is 0 Å². The van der Waals surface area contributed by atoms with E-state index in [1.807, 2.05) is 12.1 Å². The minimum atomic E-state index is 0.379. The maximum Gasteiger partial charge on any atom is 0.115 e. The lowest BCUT2D eigenvalue weighted by atomic mass is 10.1. The van der Waals surface area contributed by atoms with Gasteiger partial charge < -0.3 is 5.11 Å². The second-order valence-electron chi connectivity index (χ2n) is 4.48. The Kier molecular flexibility index (Phi) is 2.37. The van der Waals surface area contributed by atoms with E-state index in [4.69, 9.17) is 0 Å². The molecule has 0 amide bonds. The molecule has 1 aromatic rings. The summed E-state index contributed by atoms with van der Waals surface area (Å²) in [4.78, 5) is 2.50. The van der Waals surface area contributed by atoms with Crippen molar-refractivity contribution in [2.24, 2.45) is 0 Å². The molecule has 15 heavy (non-hydrogen) atoms. The van der Waals surface area contributed by atoms with Gasteiger partial charge in [0.05, 0.1) is 0 Å². The van der Waals surface area contributed by atoms with E-state index in [9.17, 15) is 5.11 Å². The molecule has 3 aliphatic rings. The highest BCUT2D eigenvalue weighted by Gasteiger charge is 2.37. The monoisotopic (exact) mass is 221 g/mol. The first kappa shape index (κ1) is 9.55. The van der Waals surface area contributed by atoms with E-state index in [0.717, 1.165) is 17.0 Å². The van der Waals surface area contributed by atoms with Crippen LogP contribution in [0.1, 0.15) is 12.0 Å². The second kappa shape index (κ2) is 3.72. The van der Waals surface area contributed by atoms with Crippen molar-refractivity contribution >= 4 is 11.8 Å². The number of piperidine rings is 1. The minimum absolute atomic E-state index is 0.379. The molecule has 4 rings (SSSR count). The number of thioether (sulfide) groups is 1. The summed E-state index contributed by atoms with van der Waals surface area (Å²) in [7, 11) is 0. The van der Waals surface area contributed by atoms with Gasteiger partial charge in [-0.2, -0.15) is 11.8 Å². The lowest BCUT2D eigenvalue weighted by Crippen LogP contribution is -2.50. The third-order valence-corrected chi connectivity index (χ3v) is 4.60. The van der Waals surface area contributed by atoms with Crippen LogP contribution in [0.4, 0.5) is 0 Å². The van der Waals surface area contributed by atoms with Gasteiger partial charge in [-0.1, -0.05) is 12.1 Å². The summed E-state index contributed by atoms with van der Waals surface area (Å²) in [6.45, 7) is 3.43. The second-order valence-corrected chi connectivity index (χ2v) is 6.09. The lowest BCUT2D eigenvalue weighted by molar-refractivity contribution is 0.215. The summed E-state index contributed by atoms with van der Waals surface area (Å²) >= 11 is 2.14. The standard InChI is InChI=1S/C12H15NOS/c14-10-3-1-2-9(4-10)6-13-7-11-5-12(8-13)15-11/h1-4,11-12,14H,5-8H2. The van der Waals surface area contributed by atoms with Crippen LogP contribution < -0.4 is 0 Å². The van der Waals surface area contributed by atoms with Crippen LogP contribution in [-0.2, 0) is 6.54 Å². The third-order valence-electron chi connectivity index (χ3n) is 3.15. The van der Waals surface area contributed by atoms with Crippen LogP contribution in [0.15, 0.2) is 24.3 Å². The van der Waals surface area contributed by atoms with Crippen molar-refractivity contribution in [3.63, 3.8) is 0 Å². The number of hydrogen-bond donors (Lipinski definition) is 1. The molecule has 3 saturated heterocycles. The average Bonchev–Trinajstić information content (AvgIpc) is 2.16. The summed E-state index contributed by atoms with van der Waals surface area (Å²) in [6, 6.07) is 7.61. The highest BCUT2D eigenvalue weighted by Crippen LogP contribution is 2.41. The van der Waals surface area contributed by atoms with Crippen LogP contribution in [0, 0.1) is 0 Å². The topological polar surface area (TPSA) is 23.5 Å². The van der Waals surface area contributed by atoms with Gasteiger partial charge in [0, 0.05) is 30.1 Å². The molecular formula is C12H15NOS. The van der Waals surface area contributed by atoms with Gasteiger partial charge in [0.1, 0.15) is 5.75 Å². The van der Waals surface area contributed by atoms with Gasteiger partial charge in [0.15, 0.2) is 0 Å². The zero-order valence-electron chi connectivity index (χ0n) is 8.60. The predicted octanol–water partition coefficient (Wildman–Crippen LogP) is 2.08. The predicted molar refractivity (Wildman–Crippen MR) is 63.2 cm³/mol. The molecule has 3 aliphatic heterocycles. The quantitative estimate of drug-likeness (QED) is 0.827. The normalized spacial score (nSPS) is 29.9. The molecule has 2 atom stereocenters. The van der Waals surface area contributed by atoms with E-state index < -0.39 is 0 Å². The van der Waals surface area contributed by atoms with Gasteiger partial charge in [-0.05, 0) is 24.1 Å². The first-order valence-electron chi connectivity index (χ1n) is 5.45. The summed E-state index contributed by atoms with van der Waals surface area (Å²) in [5, 5.41) is 11.1. The van der Waals surface area contributed by atoms with Crippen molar-refractivity contribution in [2.45, 2.75) is 23.5 Å². The Balaban J connectivity index is 1.65. The van der Waals surface area contributed by atoms with Gasteiger partial charge in [-0.25, -0.2) is 0 Å². The van der Waals surface area contributed by atoms with E-state index >= 15 is 0 Å². The van der Waals surface area contributed by atoms with E-state index in [1.165, 1.54) is 25.1 Å². The summed E-state index contributed by atoms with van der Waals surface area (Å²) in [5.74, 6) is 0.379. The minimum Gasteiger partial charge on any atom is -0.508 e. The van der Waals surface area contributed by atoms with Crippen molar-refractivity contribution in [3.8, 4) is 5.75 Å². The Labute approximate surface area is 94.3 Å². The Morgan fingerprint density at radius 1 is 1.33 bits per heavy atom. The smallest absolute Gasteiger partial charge is 0.115 e. The van der Waals surface area contributed by atoms with Crippen molar-refractivity contribution in [1.29, 1.82) is 0 Å². The van der Waals surface area contributed by atoms with Crippen LogP contribution in [0.25, 0.3) is 0 Å². The number of rotatable bonds is 2. The summed E-state index contributed by atoms with van der Waals surface area (Å²) < 4.78 is 0. The zero-order valence-corrected chi connectivity index (χ0v) is 9.41. The number of nitrogens with zero attached hydrogens (tertiary/aromatic N) is 1. The zero-order chi connectivity index (χ0) is 10.3. The van der Waals surface area contributed by atoms with E-state index in [0.29, 0.717) is 5.75 Å². The number of hydrogen-bond acceptors (Lipinski definition) is 3. The van der Waals surface area contributed by atoms with Crippen molar-refractivity contribution < 1.29 is 5.11 Å². The Hall–Kier alpha value is -0.670. The van der Waals surface area contributed by atoms with Gasteiger partial charge in [0.2, 0.25) is 0 Å². The Bertz CT molecular complexity index is 352. The summed E-state index contributed by atoms with van der Waals surface area (Å²) in [6.07, 6.45) is 1.42. The molecule has 1 N–H and O–H groups in total. The van der Waals surface area contributed by atoms with E-state index in [1.54, 1.807) is 6.07 Å². The molecule has 3 heterocycles. The Morgan fingerprint density at radius 2 is 2.07 bits per heavy atom. The molecule has 0 saturated carbocycles. The molecule has 0 aliphatic carbocycles. The molecule has 2 bridgehead atoms. The van der Waals surface area contributed by atoms with Crippen molar-refractivity contribution in [2.75, 3.05) is 13.1 Å². The largest absolute Gasteiger partial charge is 0.508 e. The fourth-order valence-electron chi connectivity index (χ4n) is 2.48. The molecule has 3 heteroatoms. The number of benzene rings is 1. The number of fused-ring (bicyclic) bond motifs is 2. The maximum absolute atomic E-state index is 9.38. The van der Waals surface area contributed by atoms with Gasteiger partial charge in [-0.3, -0.25) is 4.90 Å². The van der Waals surface area contributed by atoms with Crippen LogP contribution in [-0.4, -0.2) is 33.6 Å². The van der Waals surface area contributed by atoms with Gasteiger partial charge in [0.25, 0.3) is 0 Å². The molecule has 2 nitrogen and oxygen atoms in total. The van der Waals surface area contributed by atoms with Crippen LogP contribution >= 0.6 is 11.8 Å².